The number of aromatic nitrogens is 5. The average Bonchev–Trinajstić information content (AvgIpc) is 3.26. The van der Waals surface area contributed by atoms with Gasteiger partial charge in [0.05, 0.1) is 30.7 Å². The van der Waals surface area contributed by atoms with Crippen molar-refractivity contribution in [2.45, 2.75) is 44.2 Å². The van der Waals surface area contributed by atoms with Crippen LogP contribution in [0, 0.1) is 0 Å². The molecule has 114 valence electrons. The van der Waals surface area contributed by atoms with Crippen molar-refractivity contribution in [3.63, 3.8) is 0 Å². The molecule has 8 heteroatoms. The molecule has 1 aliphatic heterocycles. The summed E-state index contributed by atoms with van der Waals surface area (Å²) in [6.07, 6.45) is 8.90. The van der Waals surface area contributed by atoms with Crippen molar-refractivity contribution in [3.8, 4) is 0 Å². The normalized spacial score (nSPS) is 20.3. The average molecular weight is 299 g/mol. The fraction of sp³-hybridized carbons (Fsp3) is 0.500. The van der Waals surface area contributed by atoms with Gasteiger partial charge >= 0.3 is 6.03 Å². The molecule has 2 aromatic rings. The molecule has 2 N–H and O–H groups in total. The number of anilines is 1. The van der Waals surface area contributed by atoms with Gasteiger partial charge in [-0.3, -0.25) is 0 Å². The van der Waals surface area contributed by atoms with Crippen LogP contribution in [0.15, 0.2) is 18.7 Å². The van der Waals surface area contributed by atoms with Crippen LogP contribution in [0.4, 0.5) is 10.5 Å². The number of urea groups is 1. The lowest BCUT2D eigenvalue weighted by Crippen LogP contribution is -2.43. The van der Waals surface area contributed by atoms with E-state index in [4.69, 9.17) is 0 Å². The van der Waals surface area contributed by atoms with E-state index in [1.807, 2.05) is 4.68 Å². The highest BCUT2D eigenvalue weighted by Gasteiger charge is 2.26. The van der Waals surface area contributed by atoms with Gasteiger partial charge in [0.2, 0.25) is 0 Å². The van der Waals surface area contributed by atoms with Gasteiger partial charge in [-0.15, -0.1) is 0 Å². The zero-order chi connectivity index (χ0) is 14.9. The van der Waals surface area contributed by atoms with E-state index in [9.17, 15) is 4.79 Å². The number of hydrogen-bond acceptors (Lipinski definition) is 5. The first-order valence-corrected chi connectivity index (χ1v) is 7.54. The van der Waals surface area contributed by atoms with Crippen molar-refractivity contribution < 1.29 is 4.79 Å². The highest BCUT2D eigenvalue weighted by atomic mass is 16.2. The molecule has 2 aliphatic rings. The Labute approximate surface area is 127 Å². The molecule has 0 spiro atoms. The molecule has 8 nitrogen and oxygen atoms in total. The van der Waals surface area contributed by atoms with Crippen LogP contribution in [0.1, 0.15) is 36.8 Å². The first kappa shape index (κ1) is 13.2. The second kappa shape index (κ2) is 5.36. The molecule has 0 saturated heterocycles. The number of hydrogen-bond donors (Lipinski definition) is 2. The Kier molecular flexibility index (Phi) is 3.21. The summed E-state index contributed by atoms with van der Waals surface area (Å²) in [6.45, 7) is 0.653. The van der Waals surface area contributed by atoms with Crippen molar-refractivity contribution in [2.75, 3.05) is 5.32 Å². The van der Waals surface area contributed by atoms with E-state index < -0.39 is 0 Å². The summed E-state index contributed by atoms with van der Waals surface area (Å²) in [4.78, 5) is 24.8. The summed E-state index contributed by atoms with van der Waals surface area (Å²) in [5.74, 6) is 2.36. The highest BCUT2D eigenvalue weighted by Crippen LogP contribution is 2.37. The lowest BCUT2D eigenvalue weighted by Gasteiger charge is -2.23. The lowest BCUT2D eigenvalue weighted by molar-refractivity contribution is 0.243. The Morgan fingerprint density at radius 1 is 1.18 bits per heavy atom. The largest absolute Gasteiger partial charge is 0.333 e. The maximum absolute atomic E-state index is 12.0. The van der Waals surface area contributed by atoms with Crippen LogP contribution in [0.25, 0.3) is 0 Å². The van der Waals surface area contributed by atoms with E-state index in [0.29, 0.717) is 18.2 Å². The molecule has 3 heterocycles. The fourth-order valence-corrected chi connectivity index (χ4v) is 2.66. The lowest BCUT2D eigenvalue weighted by atomic mass is 10.1. The number of fused-ring (bicyclic) bond motifs is 1. The maximum atomic E-state index is 12.0. The summed E-state index contributed by atoms with van der Waals surface area (Å²) in [7, 11) is 0. The van der Waals surface area contributed by atoms with Gasteiger partial charge in [0.25, 0.3) is 0 Å². The molecule has 0 unspecified atom stereocenters. The summed E-state index contributed by atoms with van der Waals surface area (Å²) < 4.78 is 1.84. The Hall–Kier alpha value is -2.51. The zero-order valence-electron chi connectivity index (χ0n) is 12.1. The SMILES string of the molecule is O=C(Nc1cnc(C2CC2)nc1)N[C@@H]1CCc2ncnn2C1. The number of carbonyl (C=O) groups is 1. The molecular weight excluding hydrogens is 282 g/mol. The van der Waals surface area contributed by atoms with Gasteiger partial charge in [0, 0.05) is 12.3 Å². The molecule has 1 atom stereocenters. The molecule has 1 fully saturated rings. The van der Waals surface area contributed by atoms with Crippen LogP contribution in [0.5, 0.6) is 0 Å². The Morgan fingerprint density at radius 3 is 2.77 bits per heavy atom. The minimum absolute atomic E-state index is 0.0563. The highest BCUT2D eigenvalue weighted by molar-refractivity contribution is 5.89. The Balaban J connectivity index is 1.32. The predicted molar refractivity (Wildman–Crippen MR) is 78.3 cm³/mol. The first-order chi connectivity index (χ1) is 10.8. The van der Waals surface area contributed by atoms with E-state index in [2.05, 4.69) is 30.7 Å². The number of carbonyl (C=O) groups excluding carboxylic acids is 1. The molecule has 2 amide bonds. The van der Waals surface area contributed by atoms with Gasteiger partial charge in [-0.25, -0.2) is 24.4 Å². The zero-order valence-corrected chi connectivity index (χ0v) is 12.1. The van der Waals surface area contributed by atoms with Crippen LogP contribution in [0.2, 0.25) is 0 Å². The maximum Gasteiger partial charge on any atom is 0.319 e. The third-order valence-electron chi connectivity index (χ3n) is 4.01. The van der Waals surface area contributed by atoms with Gasteiger partial charge in [-0.05, 0) is 19.3 Å². The van der Waals surface area contributed by atoms with Gasteiger partial charge in [0.15, 0.2) is 0 Å². The Morgan fingerprint density at radius 2 is 2.00 bits per heavy atom. The molecule has 1 saturated carbocycles. The molecule has 4 rings (SSSR count). The van der Waals surface area contributed by atoms with Gasteiger partial charge in [-0.2, -0.15) is 5.10 Å². The first-order valence-electron chi connectivity index (χ1n) is 7.54. The summed E-state index contributed by atoms with van der Waals surface area (Å²) in [5, 5.41) is 9.87. The number of aryl methyl sites for hydroxylation is 1. The van der Waals surface area contributed by atoms with Crippen molar-refractivity contribution >= 4 is 11.7 Å². The fourth-order valence-electron chi connectivity index (χ4n) is 2.66. The minimum Gasteiger partial charge on any atom is -0.333 e. The van der Waals surface area contributed by atoms with Crippen LogP contribution >= 0.6 is 0 Å². The standard InChI is InChI=1S/C14H17N7O/c22-14(19-10-3-4-12-17-8-18-21(12)7-10)20-11-5-15-13(16-6-11)9-1-2-9/h5-6,8-10H,1-4,7H2,(H2,19,20,22)/t10-/m1/s1. The second-order valence-corrected chi connectivity index (χ2v) is 5.80. The molecular formula is C14H17N7O. The van der Waals surface area contributed by atoms with Gasteiger partial charge < -0.3 is 10.6 Å². The molecule has 1 aliphatic carbocycles. The summed E-state index contributed by atoms with van der Waals surface area (Å²) in [6, 6.07) is -0.183. The Bertz CT molecular complexity index is 677. The van der Waals surface area contributed by atoms with Crippen LogP contribution in [0.3, 0.4) is 0 Å². The van der Waals surface area contributed by atoms with E-state index in [0.717, 1.165) is 24.5 Å². The number of nitrogens with zero attached hydrogens (tertiary/aromatic N) is 5. The quantitative estimate of drug-likeness (QED) is 0.884. The number of nitrogens with one attached hydrogen (secondary N) is 2. The molecule has 2 aromatic heterocycles. The van der Waals surface area contributed by atoms with Gasteiger partial charge in [-0.1, -0.05) is 0 Å². The van der Waals surface area contributed by atoms with E-state index in [-0.39, 0.29) is 12.1 Å². The molecule has 0 radical (unpaired) electrons. The van der Waals surface area contributed by atoms with E-state index >= 15 is 0 Å². The topological polar surface area (TPSA) is 97.6 Å². The van der Waals surface area contributed by atoms with Crippen molar-refractivity contribution in [2.24, 2.45) is 0 Å². The summed E-state index contributed by atoms with van der Waals surface area (Å²) >= 11 is 0. The number of rotatable bonds is 3. The van der Waals surface area contributed by atoms with Crippen LogP contribution in [-0.4, -0.2) is 36.8 Å². The molecule has 0 bridgehead atoms. The van der Waals surface area contributed by atoms with Crippen LogP contribution < -0.4 is 10.6 Å². The van der Waals surface area contributed by atoms with E-state index in [1.165, 1.54) is 12.8 Å². The summed E-state index contributed by atoms with van der Waals surface area (Å²) in [5.41, 5.74) is 0.610. The monoisotopic (exact) mass is 299 g/mol. The van der Waals surface area contributed by atoms with E-state index in [1.54, 1.807) is 18.7 Å². The second-order valence-electron chi connectivity index (χ2n) is 5.80. The van der Waals surface area contributed by atoms with Crippen LogP contribution in [-0.2, 0) is 13.0 Å². The molecule has 0 aromatic carbocycles. The van der Waals surface area contributed by atoms with Crippen molar-refractivity contribution in [1.29, 1.82) is 0 Å². The predicted octanol–water partition coefficient (Wildman–Crippen LogP) is 1.08. The molecule has 22 heavy (non-hydrogen) atoms. The van der Waals surface area contributed by atoms with Crippen molar-refractivity contribution in [3.05, 3.63) is 30.4 Å². The third kappa shape index (κ3) is 2.76. The van der Waals surface area contributed by atoms with Gasteiger partial charge in [0.1, 0.15) is 18.0 Å². The minimum atomic E-state index is -0.240. The van der Waals surface area contributed by atoms with Crippen molar-refractivity contribution in [1.82, 2.24) is 30.0 Å². The number of amides is 2. The third-order valence-corrected chi connectivity index (χ3v) is 4.01. The smallest absolute Gasteiger partial charge is 0.319 e.